The Hall–Kier alpha value is -2.01. The molecule has 0 spiro atoms. The first-order chi connectivity index (χ1) is 10.7. The zero-order valence-corrected chi connectivity index (χ0v) is 13.7. The van der Waals surface area contributed by atoms with Crippen LogP contribution in [0.4, 0.5) is 0 Å². The quantitative estimate of drug-likeness (QED) is 0.635. The molecule has 0 fully saturated rings. The molecular formula is C16H22ClN5. The van der Waals surface area contributed by atoms with Crippen LogP contribution in [0.25, 0.3) is 0 Å². The van der Waals surface area contributed by atoms with Crippen LogP contribution in [0.3, 0.4) is 0 Å². The summed E-state index contributed by atoms with van der Waals surface area (Å²) in [5.41, 5.74) is 1.13. The maximum atomic E-state index is 5.98. The van der Waals surface area contributed by atoms with Crippen molar-refractivity contribution >= 4 is 17.6 Å². The Kier molecular flexibility index (Phi) is 6.27. The standard InChI is InChI=1S/C16H22ClN5/c1-13(12-22-8-4-7-21-22)10-19-16(18-2)20-11-14-5-3-6-15(17)9-14/h3-9,13H,10-12H2,1-2H3,(H2,18,19,20). The van der Waals surface area contributed by atoms with Gasteiger partial charge in [0.2, 0.25) is 0 Å². The van der Waals surface area contributed by atoms with E-state index in [1.165, 1.54) is 0 Å². The van der Waals surface area contributed by atoms with Crippen LogP contribution >= 0.6 is 11.6 Å². The lowest BCUT2D eigenvalue weighted by Gasteiger charge is -2.16. The average molecular weight is 320 g/mol. The second-order valence-corrected chi connectivity index (χ2v) is 5.71. The molecule has 5 nitrogen and oxygen atoms in total. The van der Waals surface area contributed by atoms with E-state index >= 15 is 0 Å². The second-order valence-electron chi connectivity index (χ2n) is 5.27. The maximum Gasteiger partial charge on any atom is 0.191 e. The van der Waals surface area contributed by atoms with E-state index in [-0.39, 0.29) is 0 Å². The molecule has 2 N–H and O–H groups in total. The van der Waals surface area contributed by atoms with Crippen molar-refractivity contribution in [3.8, 4) is 0 Å². The number of nitrogens with zero attached hydrogens (tertiary/aromatic N) is 3. The number of halogens is 1. The van der Waals surface area contributed by atoms with Crippen LogP contribution in [0.5, 0.6) is 0 Å². The van der Waals surface area contributed by atoms with Gasteiger partial charge in [-0.15, -0.1) is 0 Å². The first-order valence-corrected chi connectivity index (χ1v) is 7.71. The molecule has 1 aromatic carbocycles. The Bertz CT molecular complexity index is 594. The van der Waals surface area contributed by atoms with Crippen LogP contribution in [0.1, 0.15) is 12.5 Å². The van der Waals surface area contributed by atoms with Crippen LogP contribution in [0.15, 0.2) is 47.7 Å². The number of hydrogen-bond donors (Lipinski definition) is 2. The molecule has 2 rings (SSSR count). The fourth-order valence-electron chi connectivity index (χ4n) is 2.12. The van der Waals surface area contributed by atoms with Crippen molar-refractivity contribution in [2.24, 2.45) is 10.9 Å². The second kappa shape index (κ2) is 8.44. The van der Waals surface area contributed by atoms with Gasteiger partial charge in [-0.25, -0.2) is 0 Å². The third kappa shape index (κ3) is 5.41. The molecule has 0 aliphatic heterocycles. The Morgan fingerprint density at radius 2 is 2.23 bits per heavy atom. The molecule has 0 radical (unpaired) electrons. The smallest absolute Gasteiger partial charge is 0.191 e. The summed E-state index contributed by atoms with van der Waals surface area (Å²) in [6.45, 7) is 4.58. The number of nitrogens with one attached hydrogen (secondary N) is 2. The van der Waals surface area contributed by atoms with Crippen LogP contribution in [-0.2, 0) is 13.1 Å². The fraction of sp³-hybridized carbons (Fsp3) is 0.375. The summed E-state index contributed by atoms with van der Waals surface area (Å²) in [6, 6.07) is 9.73. The lowest BCUT2D eigenvalue weighted by molar-refractivity contribution is 0.443. The third-order valence-corrected chi connectivity index (χ3v) is 3.48. The predicted octanol–water partition coefficient (Wildman–Crippen LogP) is 2.54. The van der Waals surface area contributed by atoms with Gasteiger partial charge in [0.05, 0.1) is 0 Å². The van der Waals surface area contributed by atoms with Gasteiger partial charge < -0.3 is 10.6 Å². The minimum absolute atomic E-state index is 0.449. The minimum Gasteiger partial charge on any atom is -0.356 e. The molecule has 1 unspecified atom stereocenters. The summed E-state index contributed by atoms with van der Waals surface area (Å²) in [5.74, 6) is 1.23. The molecule has 6 heteroatoms. The van der Waals surface area contributed by atoms with Crippen molar-refractivity contribution < 1.29 is 0 Å². The van der Waals surface area contributed by atoms with E-state index in [1.807, 2.05) is 41.2 Å². The fourth-order valence-corrected chi connectivity index (χ4v) is 2.33. The SMILES string of the molecule is CN=C(NCc1cccc(Cl)c1)NCC(C)Cn1cccn1. The molecule has 2 aromatic rings. The Morgan fingerprint density at radius 3 is 2.91 bits per heavy atom. The molecule has 0 bridgehead atoms. The molecular weight excluding hydrogens is 298 g/mol. The van der Waals surface area contributed by atoms with Crippen LogP contribution in [0, 0.1) is 5.92 Å². The van der Waals surface area contributed by atoms with Gasteiger partial charge in [0.1, 0.15) is 0 Å². The zero-order chi connectivity index (χ0) is 15.8. The van der Waals surface area contributed by atoms with Crippen molar-refractivity contribution in [2.45, 2.75) is 20.0 Å². The van der Waals surface area contributed by atoms with Gasteiger partial charge in [-0.3, -0.25) is 9.67 Å². The molecule has 0 amide bonds. The minimum atomic E-state index is 0.449. The first-order valence-electron chi connectivity index (χ1n) is 7.33. The van der Waals surface area contributed by atoms with Crippen molar-refractivity contribution in [1.29, 1.82) is 0 Å². The molecule has 0 saturated carbocycles. The zero-order valence-electron chi connectivity index (χ0n) is 13.0. The van der Waals surface area contributed by atoms with Gasteiger partial charge in [0, 0.05) is 44.1 Å². The molecule has 0 saturated heterocycles. The molecule has 0 aliphatic carbocycles. The number of benzene rings is 1. The lowest BCUT2D eigenvalue weighted by Crippen LogP contribution is -2.39. The van der Waals surface area contributed by atoms with Crippen molar-refractivity contribution in [3.63, 3.8) is 0 Å². The summed E-state index contributed by atoms with van der Waals surface area (Å²) in [7, 11) is 1.77. The molecule has 0 aliphatic rings. The van der Waals surface area contributed by atoms with E-state index in [4.69, 9.17) is 11.6 Å². The summed E-state index contributed by atoms with van der Waals surface area (Å²) in [5, 5.41) is 11.6. The highest BCUT2D eigenvalue weighted by molar-refractivity contribution is 6.30. The normalized spacial score (nSPS) is 13.0. The molecule has 22 heavy (non-hydrogen) atoms. The summed E-state index contributed by atoms with van der Waals surface area (Å²) in [6.07, 6.45) is 3.77. The highest BCUT2D eigenvalue weighted by atomic mass is 35.5. The highest BCUT2D eigenvalue weighted by Gasteiger charge is 2.05. The van der Waals surface area contributed by atoms with Gasteiger partial charge in [0.25, 0.3) is 0 Å². The van der Waals surface area contributed by atoms with E-state index in [2.05, 4.69) is 27.6 Å². The average Bonchev–Trinajstić information content (AvgIpc) is 3.00. The summed E-state index contributed by atoms with van der Waals surface area (Å²) >= 11 is 5.98. The van der Waals surface area contributed by atoms with Gasteiger partial charge >= 0.3 is 0 Å². The first kappa shape index (κ1) is 16.4. The molecule has 1 heterocycles. The van der Waals surface area contributed by atoms with Gasteiger partial charge in [-0.2, -0.15) is 5.10 Å². The number of hydrogen-bond acceptors (Lipinski definition) is 2. The van der Waals surface area contributed by atoms with E-state index in [9.17, 15) is 0 Å². The summed E-state index contributed by atoms with van der Waals surface area (Å²) < 4.78 is 1.94. The number of aromatic nitrogens is 2. The van der Waals surface area contributed by atoms with E-state index in [0.717, 1.165) is 29.6 Å². The van der Waals surface area contributed by atoms with Gasteiger partial charge in [0.15, 0.2) is 5.96 Å². The van der Waals surface area contributed by atoms with Crippen LogP contribution in [-0.4, -0.2) is 29.3 Å². The lowest BCUT2D eigenvalue weighted by atomic mass is 10.2. The molecule has 1 aromatic heterocycles. The maximum absolute atomic E-state index is 5.98. The van der Waals surface area contributed by atoms with E-state index in [0.29, 0.717) is 12.5 Å². The third-order valence-electron chi connectivity index (χ3n) is 3.25. The monoisotopic (exact) mass is 319 g/mol. The molecule has 118 valence electrons. The topological polar surface area (TPSA) is 54.2 Å². The van der Waals surface area contributed by atoms with E-state index in [1.54, 1.807) is 13.2 Å². The van der Waals surface area contributed by atoms with Crippen molar-refractivity contribution in [1.82, 2.24) is 20.4 Å². The molecule has 1 atom stereocenters. The Morgan fingerprint density at radius 1 is 1.36 bits per heavy atom. The van der Waals surface area contributed by atoms with Gasteiger partial charge in [-0.05, 0) is 29.7 Å². The Labute approximate surface area is 136 Å². The number of guanidine groups is 1. The number of rotatable bonds is 6. The largest absolute Gasteiger partial charge is 0.356 e. The predicted molar refractivity (Wildman–Crippen MR) is 91.0 cm³/mol. The van der Waals surface area contributed by atoms with Crippen molar-refractivity contribution in [3.05, 3.63) is 53.3 Å². The highest BCUT2D eigenvalue weighted by Crippen LogP contribution is 2.10. The van der Waals surface area contributed by atoms with Crippen LogP contribution < -0.4 is 10.6 Å². The van der Waals surface area contributed by atoms with Crippen LogP contribution in [0.2, 0.25) is 5.02 Å². The van der Waals surface area contributed by atoms with Crippen molar-refractivity contribution in [2.75, 3.05) is 13.6 Å². The number of aliphatic imine (C=N–C) groups is 1. The van der Waals surface area contributed by atoms with E-state index < -0.39 is 0 Å². The van der Waals surface area contributed by atoms with Gasteiger partial charge in [-0.1, -0.05) is 30.7 Å². The Balaban J connectivity index is 1.75. The summed E-state index contributed by atoms with van der Waals surface area (Å²) in [4.78, 5) is 4.23.